The predicted octanol–water partition coefficient (Wildman–Crippen LogP) is 3.88. The third kappa shape index (κ3) is 4.71. The van der Waals surface area contributed by atoms with Gasteiger partial charge in [0.2, 0.25) is 0 Å². The minimum Gasteiger partial charge on any atom is -0.507 e. The van der Waals surface area contributed by atoms with Crippen molar-refractivity contribution in [1.82, 2.24) is 0 Å². The fourth-order valence-corrected chi connectivity index (χ4v) is 2.12. The van der Waals surface area contributed by atoms with E-state index >= 15 is 0 Å². The van der Waals surface area contributed by atoms with Crippen molar-refractivity contribution in [3.05, 3.63) is 35.9 Å². The van der Waals surface area contributed by atoms with E-state index in [9.17, 15) is 9.90 Å². The van der Waals surface area contributed by atoms with E-state index in [0.29, 0.717) is 24.3 Å². The van der Waals surface area contributed by atoms with Gasteiger partial charge in [0.15, 0.2) is 5.78 Å². The fraction of sp³-hybridized carbons (Fsp3) is 0.400. The first-order valence-corrected chi connectivity index (χ1v) is 7.38. The van der Waals surface area contributed by atoms with Crippen LogP contribution in [0.1, 0.15) is 35.7 Å². The number of benzene rings is 1. The van der Waals surface area contributed by atoms with Crippen LogP contribution in [0.4, 0.5) is 0 Å². The molecule has 1 aromatic rings. The molecule has 0 fully saturated rings. The summed E-state index contributed by atoms with van der Waals surface area (Å²) in [6.07, 6.45) is 4.33. The van der Waals surface area contributed by atoms with Gasteiger partial charge in [-0.2, -0.15) is 0 Å². The first-order valence-electron chi connectivity index (χ1n) is 6.26. The van der Waals surface area contributed by atoms with Crippen molar-refractivity contribution in [2.24, 2.45) is 0 Å². The Labute approximate surface area is 122 Å². The van der Waals surface area contributed by atoms with Crippen LogP contribution in [0.3, 0.4) is 0 Å². The fourth-order valence-electron chi connectivity index (χ4n) is 1.72. The van der Waals surface area contributed by atoms with Crippen LogP contribution in [0.25, 0.3) is 0 Å². The van der Waals surface area contributed by atoms with Gasteiger partial charge in [0, 0.05) is 11.4 Å². The molecule has 3 nitrogen and oxygen atoms in total. The minimum absolute atomic E-state index is 0.0317. The largest absolute Gasteiger partial charge is 0.507 e. The number of hydrogen-bond donors (Lipinski definition) is 1. The van der Waals surface area contributed by atoms with E-state index in [-0.39, 0.29) is 11.5 Å². The number of aromatic hydroxyl groups is 1. The van der Waals surface area contributed by atoms with Crippen molar-refractivity contribution in [1.29, 1.82) is 0 Å². The first kappa shape index (κ1) is 15.8. The highest BCUT2D eigenvalue weighted by atomic mass is 79.9. The number of allylic oxidation sites excluding steroid dienone is 1. The maximum absolute atomic E-state index is 11.4. The normalized spacial score (nSPS) is 10.2. The Balaban J connectivity index is 2.91. The van der Waals surface area contributed by atoms with Crippen LogP contribution in [-0.2, 0) is 6.42 Å². The van der Waals surface area contributed by atoms with Crippen molar-refractivity contribution in [3.8, 4) is 11.5 Å². The number of carbonyl (C=O) groups excluding carboxylic acids is 1. The van der Waals surface area contributed by atoms with E-state index in [2.05, 4.69) is 22.5 Å². The van der Waals surface area contributed by atoms with Crippen LogP contribution in [-0.4, -0.2) is 22.8 Å². The summed E-state index contributed by atoms with van der Waals surface area (Å²) in [5.74, 6) is 0.432. The molecule has 1 N–H and O–H groups in total. The molecular weight excluding hydrogens is 308 g/mol. The number of hydrogen-bond acceptors (Lipinski definition) is 3. The van der Waals surface area contributed by atoms with Gasteiger partial charge in [0.25, 0.3) is 0 Å². The van der Waals surface area contributed by atoms with Crippen LogP contribution in [0.5, 0.6) is 11.5 Å². The van der Waals surface area contributed by atoms with E-state index in [1.165, 1.54) is 13.0 Å². The van der Waals surface area contributed by atoms with E-state index < -0.39 is 0 Å². The SMILES string of the molecule is C=CCc1cc(C(C)=O)c(O)cc1OCCCCBr. The smallest absolute Gasteiger partial charge is 0.163 e. The predicted molar refractivity (Wildman–Crippen MR) is 80.5 cm³/mol. The number of carbonyl (C=O) groups is 1. The van der Waals surface area contributed by atoms with Crippen molar-refractivity contribution < 1.29 is 14.6 Å². The summed E-state index contributed by atoms with van der Waals surface area (Å²) in [5.41, 5.74) is 1.20. The Morgan fingerprint density at radius 2 is 2.21 bits per heavy atom. The third-order valence-corrected chi connectivity index (χ3v) is 3.27. The number of ether oxygens (including phenoxy) is 1. The number of alkyl halides is 1. The summed E-state index contributed by atoms with van der Waals surface area (Å²) in [5, 5.41) is 10.8. The Kier molecular flexibility index (Phi) is 6.64. The minimum atomic E-state index is -0.159. The topological polar surface area (TPSA) is 46.5 Å². The van der Waals surface area contributed by atoms with Crippen molar-refractivity contribution >= 4 is 21.7 Å². The number of unbranched alkanes of at least 4 members (excludes halogenated alkanes) is 1. The van der Waals surface area contributed by atoms with Gasteiger partial charge in [-0.05, 0) is 37.8 Å². The number of phenolic OH excluding ortho intramolecular Hbond substituents is 1. The second-order valence-electron chi connectivity index (χ2n) is 4.27. The van der Waals surface area contributed by atoms with Gasteiger partial charge in [-0.25, -0.2) is 0 Å². The first-order chi connectivity index (χ1) is 9.10. The quantitative estimate of drug-likeness (QED) is 0.341. The second kappa shape index (κ2) is 8.00. The van der Waals surface area contributed by atoms with Gasteiger partial charge in [-0.1, -0.05) is 22.0 Å². The molecular formula is C15H19BrO3. The standard InChI is InChI=1S/C15H19BrO3/c1-3-6-12-9-13(11(2)17)14(18)10-15(12)19-8-5-4-7-16/h3,9-10,18H,1,4-8H2,2H3. The monoisotopic (exact) mass is 326 g/mol. The lowest BCUT2D eigenvalue weighted by atomic mass is 10.0. The third-order valence-electron chi connectivity index (χ3n) is 2.71. The molecule has 0 spiro atoms. The van der Waals surface area contributed by atoms with Crippen molar-refractivity contribution in [2.75, 3.05) is 11.9 Å². The summed E-state index contributed by atoms with van der Waals surface area (Å²) in [6, 6.07) is 3.20. The molecule has 0 radical (unpaired) electrons. The number of ketones is 1. The molecule has 1 rings (SSSR count). The molecule has 1 aromatic carbocycles. The van der Waals surface area contributed by atoms with E-state index in [0.717, 1.165) is 23.7 Å². The van der Waals surface area contributed by atoms with Gasteiger partial charge in [0.1, 0.15) is 11.5 Å². The summed E-state index contributed by atoms with van der Waals surface area (Å²) in [4.78, 5) is 11.4. The van der Waals surface area contributed by atoms with Gasteiger partial charge < -0.3 is 9.84 Å². The van der Waals surface area contributed by atoms with Crippen LogP contribution >= 0.6 is 15.9 Å². The Morgan fingerprint density at radius 1 is 1.47 bits per heavy atom. The molecule has 0 unspecified atom stereocenters. The molecule has 0 heterocycles. The highest BCUT2D eigenvalue weighted by molar-refractivity contribution is 9.09. The van der Waals surface area contributed by atoms with Crippen molar-refractivity contribution in [3.63, 3.8) is 0 Å². The molecule has 0 saturated heterocycles. The number of Topliss-reactive ketones (excluding diaryl/α,β-unsaturated/α-hetero) is 1. The highest BCUT2D eigenvalue weighted by Crippen LogP contribution is 2.29. The summed E-state index contributed by atoms with van der Waals surface area (Å²) in [7, 11) is 0. The average molecular weight is 327 g/mol. The van der Waals surface area contributed by atoms with Gasteiger partial charge in [-0.3, -0.25) is 4.79 Å². The molecule has 0 aliphatic rings. The number of rotatable bonds is 8. The lowest BCUT2D eigenvalue weighted by Crippen LogP contribution is -2.03. The summed E-state index contributed by atoms with van der Waals surface area (Å²) < 4.78 is 5.67. The van der Waals surface area contributed by atoms with E-state index in [1.807, 2.05) is 0 Å². The van der Waals surface area contributed by atoms with Gasteiger partial charge >= 0.3 is 0 Å². The zero-order valence-corrected chi connectivity index (χ0v) is 12.7. The molecule has 0 aliphatic carbocycles. The Hall–Kier alpha value is -1.29. The van der Waals surface area contributed by atoms with E-state index in [1.54, 1.807) is 12.1 Å². The molecule has 0 saturated carbocycles. The maximum atomic E-state index is 11.4. The number of halogens is 1. The van der Waals surface area contributed by atoms with Crippen molar-refractivity contribution in [2.45, 2.75) is 26.2 Å². The average Bonchev–Trinajstić information content (AvgIpc) is 2.37. The van der Waals surface area contributed by atoms with Crippen LogP contribution < -0.4 is 4.74 Å². The molecule has 0 amide bonds. The van der Waals surface area contributed by atoms with Crippen LogP contribution in [0, 0.1) is 0 Å². The summed E-state index contributed by atoms with van der Waals surface area (Å²) in [6.45, 7) is 5.72. The van der Waals surface area contributed by atoms with Gasteiger partial charge in [0.05, 0.1) is 12.2 Å². The lowest BCUT2D eigenvalue weighted by Gasteiger charge is -2.13. The molecule has 19 heavy (non-hydrogen) atoms. The number of phenols is 1. The molecule has 0 bridgehead atoms. The Bertz CT molecular complexity index is 455. The zero-order chi connectivity index (χ0) is 14.3. The summed E-state index contributed by atoms with van der Waals surface area (Å²) >= 11 is 3.37. The van der Waals surface area contributed by atoms with Crippen LogP contribution in [0.2, 0.25) is 0 Å². The van der Waals surface area contributed by atoms with Gasteiger partial charge in [-0.15, -0.1) is 6.58 Å². The molecule has 0 aliphatic heterocycles. The molecule has 104 valence electrons. The second-order valence-corrected chi connectivity index (χ2v) is 5.06. The zero-order valence-electron chi connectivity index (χ0n) is 11.1. The Morgan fingerprint density at radius 3 is 2.79 bits per heavy atom. The maximum Gasteiger partial charge on any atom is 0.163 e. The molecule has 0 aromatic heterocycles. The molecule has 4 heteroatoms. The highest BCUT2D eigenvalue weighted by Gasteiger charge is 2.12. The lowest BCUT2D eigenvalue weighted by molar-refractivity contribution is 0.101. The van der Waals surface area contributed by atoms with Crippen LogP contribution in [0.15, 0.2) is 24.8 Å². The van der Waals surface area contributed by atoms with E-state index in [4.69, 9.17) is 4.74 Å². The molecule has 0 atom stereocenters.